The first-order valence-electron chi connectivity index (χ1n) is 7.00. The minimum Gasteiger partial charge on any atom is -0.484 e. The second-order valence-electron chi connectivity index (χ2n) is 5.06. The highest BCUT2D eigenvalue weighted by atomic mass is 16.5. The molecule has 0 atom stereocenters. The minimum atomic E-state index is -0.311. The molecule has 2 aromatic rings. The Labute approximate surface area is 130 Å². The van der Waals surface area contributed by atoms with Crippen molar-refractivity contribution in [3.63, 3.8) is 0 Å². The molecule has 1 amide bonds. The lowest BCUT2D eigenvalue weighted by atomic mass is 10.1. The van der Waals surface area contributed by atoms with E-state index in [-0.39, 0.29) is 12.5 Å². The summed E-state index contributed by atoms with van der Waals surface area (Å²) in [4.78, 5) is 15.9. The molecular weight excluding hydrogens is 278 g/mol. The molecule has 2 rings (SSSR count). The van der Waals surface area contributed by atoms with Gasteiger partial charge in [-0.2, -0.15) is 5.10 Å². The fourth-order valence-corrected chi connectivity index (χ4v) is 1.98. The number of hydrazone groups is 1. The molecule has 1 N–H and O–H groups in total. The van der Waals surface area contributed by atoms with Gasteiger partial charge < -0.3 is 4.74 Å². The fraction of sp³-hybridized carbons (Fsp3) is 0.235. The molecule has 0 aliphatic carbocycles. The van der Waals surface area contributed by atoms with Crippen LogP contribution in [0.2, 0.25) is 0 Å². The molecule has 1 heterocycles. The third kappa shape index (κ3) is 4.70. The number of nitrogens with zero attached hydrogens (tertiary/aromatic N) is 2. The Morgan fingerprint density at radius 1 is 1.23 bits per heavy atom. The third-order valence-corrected chi connectivity index (χ3v) is 2.95. The van der Waals surface area contributed by atoms with Crippen LogP contribution in [0.5, 0.6) is 5.75 Å². The molecular formula is C17H19N3O2. The number of ether oxygens (including phenoxy) is 1. The number of pyridine rings is 1. The van der Waals surface area contributed by atoms with Crippen LogP contribution in [0.4, 0.5) is 0 Å². The summed E-state index contributed by atoms with van der Waals surface area (Å²) in [6.07, 6.45) is 1.68. The van der Waals surface area contributed by atoms with Crippen molar-refractivity contribution in [1.29, 1.82) is 0 Å². The summed E-state index contributed by atoms with van der Waals surface area (Å²) in [5.41, 5.74) is 6.02. The van der Waals surface area contributed by atoms with E-state index >= 15 is 0 Å². The van der Waals surface area contributed by atoms with Crippen molar-refractivity contribution in [3.05, 3.63) is 59.4 Å². The fourth-order valence-electron chi connectivity index (χ4n) is 1.98. The molecule has 0 aliphatic heterocycles. The lowest BCUT2D eigenvalue weighted by Crippen LogP contribution is -2.25. The third-order valence-electron chi connectivity index (χ3n) is 2.95. The second kappa shape index (κ2) is 7.36. The van der Waals surface area contributed by atoms with Crippen LogP contribution in [-0.2, 0) is 4.79 Å². The number of hydrogen-bond acceptors (Lipinski definition) is 4. The van der Waals surface area contributed by atoms with Gasteiger partial charge in [-0.1, -0.05) is 12.1 Å². The highest BCUT2D eigenvalue weighted by Crippen LogP contribution is 2.15. The van der Waals surface area contributed by atoms with Gasteiger partial charge in [-0.3, -0.25) is 9.78 Å². The van der Waals surface area contributed by atoms with Crippen molar-refractivity contribution in [2.24, 2.45) is 5.10 Å². The standard InChI is InChI=1S/C17H19N3O2/c1-12-8-13(2)10-15(9-12)22-11-17(21)20-19-14(3)16-6-4-5-7-18-16/h4-10H,11H2,1-3H3,(H,20,21)/b19-14-. The Kier molecular flexibility index (Phi) is 5.25. The maximum Gasteiger partial charge on any atom is 0.277 e. The quantitative estimate of drug-likeness (QED) is 0.681. The van der Waals surface area contributed by atoms with Gasteiger partial charge in [-0.25, -0.2) is 5.43 Å². The molecule has 1 aromatic heterocycles. The average Bonchev–Trinajstić information content (AvgIpc) is 2.50. The molecule has 0 saturated carbocycles. The maximum absolute atomic E-state index is 11.8. The number of carbonyl (C=O) groups excluding carboxylic acids is 1. The molecule has 5 heteroatoms. The highest BCUT2D eigenvalue weighted by molar-refractivity contribution is 5.97. The molecule has 22 heavy (non-hydrogen) atoms. The summed E-state index contributed by atoms with van der Waals surface area (Å²) in [6.45, 7) is 5.68. The number of rotatable bonds is 5. The van der Waals surface area contributed by atoms with Gasteiger partial charge in [0.15, 0.2) is 6.61 Å². The van der Waals surface area contributed by atoms with Crippen molar-refractivity contribution in [3.8, 4) is 5.75 Å². The average molecular weight is 297 g/mol. The summed E-state index contributed by atoms with van der Waals surface area (Å²) in [6, 6.07) is 11.4. The molecule has 5 nitrogen and oxygen atoms in total. The van der Waals surface area contributed by atoms with Crippen LogP contribution in [0.1, 0.15) is 23.7 Å². The number of amides is 1. The summed E-state index contributed by atoms with van der Waals surface area (Å²) in [5.74, 6) is 0.368. The molecule has 0 aliphatic rings. The van der Waals surface area contributed by atoms with Crippen molar-refractivity contribution in [1.82, 2.24) is 10.4 Å². The zero-order valence-corrected chi connectivity index (χ0v) is 13.0. The van der Waals surface area contributed by atoms with E-state index in [1.54, 1.807) is 13.1 Å². The van der Waals surface area contributed by atoms with Gasteiger partial charge in [0.2, 0.25) is 0 Å². The van der Waals surface area contributed by atoms with Crippen LogP contribution >= 0.6 is 0 Å². The van der Waals surface area contributed by atoms with Gasteiger partial charge in [0.05, 0.1) is 11.4 Å². The van der Waals surface area contributed by atoms with Crippen LogP contribution in [0.25, 0.3) is 0 Å². The largest absolute Gasteiger partial charge is 0.484 e. The van der Waals surface area contributed by atoms with E-state index in [4.69, 9.17) is 4.74 Å². The molecule has 0 unspecified atom stereocenters. The van der Waals surface area contributed by atoms with Gasteiger partial charge in [-0.15, -0.1) is 0 Å². The number of carbonyl (C=O) groups is 1. The van der Waals surface area contributed by atoms with Crippen molar-refractivity contribution >= 4 is 11.6 Å². The molecule has 114 valence electrons. The number of hydrogen-bond donors (Lipinski definition) is 1. The van der Waals surface area contributed by atoms with Crippen molar-refractivity contribution in [2.45, 2.75) is 20.8 Å². The van der Waals surface area contributed by atoms with E-state index in [1.165, 1.54) is 0 Å². The Bertz CT molecular complexity index is 661. The summed E-state index contributed by atoms with van der Waals surface area (Å²) in [7, 11) is 0. The lowest BCUT2D eigenvalue weighted by molar-refractivity contribution is -0.123. The van der Waals surface area contributed by atoms with E-state index < -0.39 is 0 Å². The van der Waals surface area contributed by atoms with Crippen LogP contribution in [0, 0.1) is 13.8 Å². The SMILES string of the molecule is C/C(=N/NC(=O)COc1cc(C)cc(C)c1)c1ccccn1. The van der Waals surface area contributed by atoms with E-state index in [0.29, 0.717) is 11.5 Å². The number of nitrogens with one attached hydrogen (secondary N) is 1. The van der Waals surface area contributed by atoms with Crippen LogP contribution in [-0.4, -0.2) is 23.2 Å². The summed E-state index contributed by atoms with van der Waals surface area (Å²) < 4.78 is 5.47. The normalized spacial score (nSPS) is 11.1. The molecule has 0 fully saturated rings. The second-order valence-corrected chi connectivity index (χ2v) is 5.06. The van der Waals surface area contributed by atoms with Crippen LogP contribution in [0.3, 0.4) is 0 Å². The molecule has 0 bridgehead atoms. The molecule has 1 aromatic carbocycles. The van der Waals surface area contributed by atoms with E-state index in [1.807, 2.05) is 50.2 Å². The zero-order chi connectivity index (χ0) is 15.9. The Morgan fingerprint density at radius 3 is 2.59 bits per heavy atom. The first-order valence-corrected chi connectivity index (χ1v) is 7.00. The predicted octanol–water partition coefficient (Wildman–Crippen LogP) is 2.62. The van der Waals surface area contributed by atoms with Crippen LogP contribution in [0.15, 0.2) is 47.7 Å². The lowest BCUT2D eigenvalue weighted by Gasteiger charge is -2.07. The number of aryl methyl sites for hydroxylation is 2. The minimum absolute atomic E-state index is 0.0815. The number of benzene rings is 1. The molecule has 0 radical (unpaired) electrons. The van der Waals surface area contributed by atoms with Gasteiger partial charge in [0.1, 0.15) is 5.75 Å². The Morgan fingerprint density at radius 2 is 1.95 bits per heavy atom. The Balaban J connectivity index is 1.88. The smallest absolute Gasteiger partial charge is 0.277 e. The van der Waals surface area contributed by atoms with Crippen LogP contribution < -0.4 is 10.2 Å². The topological polar surface area (TPSA) is 63.6 Å². The van der Waals surface area contributed by atoms with Crippen molar-refractivity contribution in [2.75, 3.05) is 6.61 Å². The summed E-state index contributed by atoms with van der Waals surface area (Å²) >= 11 is 0. The monoisotopic (exact) mass is 297 g/mol. The van der Waals surface area contributed by atoms with E-state index in [0.717, 1.165) is 16.8 Å². The van der Waals surface area contributed by atoms with E-state index in [2.05, 4.69) is 15.5 Å². The first-order chi connectivity index (χ1) is 10.5. The van der Waals surface area contributed by atoms with Gasteiger partial charge in [-0.05, 0) is 56.2 Å². The highest BCUT2D eigenvalue weighted by Gasteiger charge is 2.04. The van der Waals surface area contributed by atoms with E-state index in [9.17, 15) is 4.79 Å². The molecule has 0 saturated heterocycles. The van der Waals surface area contributed by atoms with Gasteiger partial charge in [0.25, 0.3) is 5.91 Å². The Hall–Kier alpha value is -2.69. The number of aromatic nitrogens is 1. The van der Waals surface area contributed by atoms with Gasteiger partial charge >= 0.3 is 0 Å². The van der Waals surface area contributed by atoms with Gasteiger partial charge in [0, 0.05) is 6.20 Å². The summed E-state index contributed by atoms with van der Waals surface area (Å²) in [5, 5.41) is 4.02. The molecule has 0 spiro atoms. The first kappa shape index (κ1) is 15.7. The zero-order valence-electron chi connectivity index (χ0n) is 13.0. The predicted molar refractivity (Wildman–Crippen MR) is 86.0 cm³/mol. The van der Waals surface area contributed by atoms with Crippen molar-refractivity contribution < 1.29 is 9.53 Å². The maximum atomic E-state index is 11.8.